The second kappa shape index (κ2) is 34.6. The number of hydrogen-bond acceptors (Lipinski definition) is 3. The van der Waals surface area contributed by atoms with Gasteiger partial charge in [0.05, 0.1) is 22.5 Å². The van der Waals surface area contributed by atoms with Crippen LogP contribution in [0.2, 0.25) is 0 Å². The Labute approximate surface area is 369 Å². The van der Waals surface area contributed by atoms with Crippen molar-refractivity contribution in [1.82, 2.24) is 0 Å². The SMILES string of the molecule is CCCCCCCC/C=C\CCCCCCCCOC([SiH3])(c1ccccc1)C(COC(C)(C)C)(OCCCCCCCC/C=C\CCCCCCCC)c1ccccc1. The predicted molar refractivity (Wildman–Crippen MR) is 263 cm³/mol. The van der Waals surface area contributed by atoms with Crippen molar-refractivity contribution in [2.24, 2.45) is 0 Å². The summed E-state index contributed by atoms with van der Waals surface area (Å²) < 4.78 is 21.3. The molecule has 0 fully saturated rings. The highest BCUT2D eigenvalue weighted by Gasteiger charge is 2.53. The Kier molecular flexibility index (Phi) is 31.2. The largest absolute Gasteiger partial charge is 0.372 e. The molecule has 0 aliphatic carbocycles. The van der Waals surface area contributed by atoms with Crippen molar-refractivity contribution in [2.75, 3.05) is 19.8 Å². The van der Waals surface area contributed by atoms with Crippen LogP contribution < -0.4 is 0 Å². The van der Waals surface area contributed by atoms with Crippen molar-refractivity contribution in [1.29, 1.82) is 0 Å². The lowest BCUT2D eigenvalue weighted by Crippen LogP contribution is -2.57. The van der Waals surface area contributed by atoms with Crippen LogP contribution in [0, 0.1) is 0 Å². The van der Waals surface area contributed by atoms with Crippen molar-refractivity contribution in [3.63, 3.8) is 0 Å². The first-order chi connectivity index (χ1) is 28.8. The van der Waals surface area contributed by atoms with Crippen molar-refractivity contribution in [2.45, 2.75) is 231 Å². The molecule has 2 aromatic carbocycles. The van der Waals surface area contributed by atoms with Crippen molar-refractivity contribution >= 4 is 10.2 Å². The Bertz CT molecular complexity index is 1270. The Morgan fingerprint density at radius 2 is 0.746 bits per heavy atom. The van der Waals surface area contributed by atoms with Crippen LogP contribution in [0.5, 0.6) is 0 Å². The molecule has 0 spiro atoms. The lowest BCUT2D eigenvalue weighted by Gasteiger charge is -2.49. The van der Waals surface area contributed by atoms with Crippen molar-refractivity contribution < 1.29 is 14.2 Å². The Balaban J connectivity index is 1.93. The summed E-state index contributed by atoms with van der Waals surface area (Å²) in [6, 6.07) is 21.8. The van der Waals surface area contributed by atoms with Crippen LogP contribution >= 0.6 is 0 Å². The van der Waals surface area contributed by atoms with Crippen LogP contribution in [0.1, 0.15) is 226 Å². The normalized spacial score (nSPS) is 14.4. The molecule has 0 N–H and O–H groups in total. The summed E-state index contributed by atoms with van der Waals surface area (Å²) in [6.07, 6.45) is 46.2. The van der Waals surface area contributed by atoms with Gasteiger partial charge in [0.15, 0.2) is 0 Å². The molecule has 0 aromatic heterocycles. The third-order valence-electron chi connectivity index (χ3n) is 12.1. The van der Waals surface area contributed by atoms with Gasteiger partial charge in [-0.15, -0.1) is 0 Å². The predicted octanol–water partition coefficient (Wildman–Crippen LogP) is 16.0. The van der Waals surface area contributed by atoms with E-state index in [1.165, 1.54) is 173 Å². The van der Waals surface area contributed by atoms with E-state index in [0.29, 0.717) is 13.2 Å². The topological polar surface area (TPSA) is 27.7 Å². The number of hydrogen-bond donors (Lipinski definition) is 0. The molecule has 0 amide bonds. The maximum absolute atomic E-state index is 7.30. The molecule has 0 bridgehead atoms. The Hall–Kier alpha value is -1.98. The minimum absolute atomic E-state index is 0.310. The first-order valence-electron chi connectivity index (χ1n) is 25.1. The highest BCUT2D eigenvalue weighted by atomic mass is 28.1. The second-order valence-electron chi connectivity index (χ2n) is 18.6. The van der Waals surface area contributed by atoms with Gasteiger partial charge in [-0.1, -0.05) is 214 Å². The number of ether oxygens (including phenoxy) is 3. The van der Waals surface area contributed by atoms with E-state index in [-0.39, 0.29) is 5.60 Å². The Morgan fingerprint density at radius 3 is 1.14 bits per heavy atom. The Morgan fingerprint density at radius 1 is 0.407 bits per heavy atom. The summed E-state index contributed by atoms with van der Waals surface area (Å²) in [4.78, 5) is 0. The smallest absolute Gasteiger partial charge is 0.145 e. The molecule has 0 aliphatic rings. The number of rotatable bonds is 39. The maximum atomic E-state index is 7.30. The molecule has 4 heteroatoms. The molecule has 0 heterocycles. The minimum Gasteiger partial charge on any atom is -0.372 e. The molecule has 0 aliphatic heterocycles. The highest BCUT2D eigenvalue weighted by Crippen LogP contribution is 2.46. The molecule has 0 radical (unpaired) electrons. The zero-order chi connectivity index (χ0) is 42.6. The van der Waals surface area contributed by atoms with E-state index >= 15 is 0 Å². The van der Waals surface area contributed by atoms with E-state index < -0.39 is 10.8 Å². The van der Waals surface area contributed by atoms with Gasteiger partial charge in [0.25, 0.3) is 0 Å². The molecule has 2 aromatic rings. The lowest BCUT2D eigenvalue weighted by atomic mass is 9.83. The number of benzene rings is 2. The standard InChI is InChI=1S/C55H94O3Si/c1-6-8-10-12-14-16-18-20-22-24-26-28-30-32-34-42-48-56-54(50-58-53(3,4)5,51-44-38-36-39-45-51)55(59,52-46-40-37-41-47-52)57-49-43-35-33-31-29-27-25-23-21-19-17-15-13-11-9-7-2/h20-23,36-41,44-47H,6-19,24-35,42-43,48-50H2,1-5,59H3/b22-20-,23-21-. The molecule has 336 valence electrons. The number of allylic oxidation sites excluding steroid dienone is 4. The molecule has 2 atom stereocenters. The lowest BCUT2D eigenvalue weighted by molar-refractivity contribution is -0.222. The third kappa shape index (κ3) is 24.3. The van der Waals surface area contributed by atoms with E-state index in [4.69, 9.17) is 14.2 Å². The van der Waals surface area contributed by atoms with E-state index in [1.54, 1.807) is 0 Å². The van der Waals surface area contributed by atoms with Crippen LogP contribution in [-0.4, -0.2) is 35.7 Å². The first-order valence-corrected chi connectivity index (χ1v) is 26.1. The fraction of sp³-hybridized carbons (Fsp3) is 0.709. The summed E-state index contributed by atoms with van der Waals surface area (Å²) >= 11 is 0. The molecule has 2 rings (SSSR count). The van der Waals surface area contributed by atoms with E-state index in [1.807, 2.05) is 0 Å². The molecule has 59 heavy (non-hydrogen) atoms. The molecule has 2 unspecified atom stereocenters. The molecular formula is C55H94O3Si. The van der Waals surface area contributed by atoms with Gasteiger partial charge in [0, 0.05) is 13.2 Å². The zero-order valence-electron chi connectivity index (χ0n) is 39.7. The van der Waals surface area contributed by atoms with Crippen LogP contribution in [0.3, 0.4) is 0 Å². The summed E-state index contributed by atoms with van der Waals surface area (Å²) in [5, 5.41) is -0.620. The highest BCUT2D eigenvalue weighted by molar-refractivity contribution is 6.16. The van der Waals surface area contributed by atoms with Crippen LogP contribution in [0.25, 0.3) is 0 Å². The first kappa shape index (κ1) is 53.2. The average molecular weight is 831 g/mol. The van der Waals surface area contributed by atoms with Gasteiger partial charge < -0.3 is 14.2 Å². The molecular weight excluding hydrogens is 737 g/mol. The molecule has 0 saturated heterocycles. The average Bonchev–Trinajstić information content (AvgIpc) is 3.24. The van der Waals surface area contributed by atoms with Gasteiger partial charge in [-0.05, 0) is 96.1 Å². The van der Waals surface area contributed by atoms with Crippen LogP contribution in [-0.2, 0) is 25.0 Å². The monoisotopic (exact) mass is 831 g/mol. The van der Waals surface area contributed by atoms with Gasteiger partial charge >= 0.3 is 0 Å². The molecule has 3 nitrogen and oxygen atoms in total. The zero-order valence-corrected chi connectivity index (χ0v) is 41.7. The van der Waals surface area contributed by atoms with E-state index in [0.717, 1.165) is 35.3 Å². The van der Waals surface area contributed by atoms with Gasteiger partial charge in [-0.3, -0.25) is 0 Å². The fourth-order valence-corrected chi connectivity index (χ4v) is 9.31. The second-order valence-corrected chi connectivity index (χ2v) is 20.0. The summed E-state index contributed by atoms with van der Waals surface area (Å²) in [6.45, 7) is 12.9. The summed E-state index contributed by atoms with van der Waals surface area (Å²) in [5.41, 5.74) is 1.27. The third-order valence-corrected chi connectivity index (χ3v) is 13.8. The fourth-order valence-electron chi connectivity index (χ4n) is 8.20. The van der Waals surface area contributed by atoms with Gasteiger partial charge in [-0.25, -0.2) is 0 Å². The van der Waals surface area contributed by atoms with Crippen molar-refractivity contribution in [3.05, 3.63) is 96.1 Å². The summed E-state index contributed by atoms with van der Waals surface area (Å²) in [5.74, 6) is 0. The summed E-state index contributed by atoms with van der Waals surface area (Å²) in [7, 11) is 0.752. The van der Waals surface area contributed by atoms with Crippen LogP contribution in [0.4, 0.5) is 0 Å². The molecule has 0 saturated carbocycles. The van der Waals surface area contributed by atoms with Crippen molar-refractivity contribution in [3.8, 4) is 0 Å². The van der Waals surface area contributed by atoms with E-state index in [2.05, 4.69) is 120 Å². The number of unbranched alkanes of at least 4 members (excludes halogenated alkanes) is 24. The van der Waals surface area contributed by atoms with Gasteiger partial charge in [-0.2, -0.15) is 0 Å². The quantitative estimate of drug-likeness (QED) is 0.0382. The van der Waals surface area contributed by atoms with Gasteiger partial charge in [0.2, 0.25) is 0 Å². The minimum atomic E-state index is -0.764. The van der Waals surface area contributed by atoms with Gasteiger partial charge in [0.1, 0.15) is 10.8 Å². The van der Waals surface area contributed by atoms with E-state index in [9.17, 15) is 0 Å². The maximum Gasteiger partial charge on any atom is 0.145 e. The van der Waals surface area contributed by atoms with Crippen LogP contribution in [0.15, 0.2) is 85.0 Å².